The molecule has 0 aliphatic rings. The lowest BCUT2D eigenvalue weighted by molar-refractivity contribution is 0.00650. The van der Waals surface area contributed by atoms with Gasteiger partial charge in [0.15, 0.2) is 0 Å². The molecule has 1 atom stereocenters. The van der Waals surface area contributed by atoms with Crippen LogP contribution in [0.15, 0.2) is 84.9 Å². The fourth-order valence-electron chi connectivity index (χ4n) is 2.89. The molecular weight excluding hydrogens is 344 g/mol. The second-order valence-electron chi connectivity index (χ2n) is 6.45. The first kappa shape index (κ1) is 19.5. The smallest absolute Gasteiger partial charge is 0.218 e. The molecule has 1 unspecified atom stereocenters. The maximum absolute atomic E-state index is 11.3. The van der Waals surface area contributed by atoms with E-state index in [0.29, 0.717) is 5.56 Å². The minimum Gasteiger partial charge on any atom is -0.383 e. The molecule has 3 aromatic carbocycles. The minimum absolute atomic E-state index is 0.636. The highest BCUT2D eigenvalue weighted by Crippen LogP contribution is 2.28. The zero-order valence-corrected chi connectivity index (χ0v) is 15.8. The summed E-state index contributed by atoms with van der Waals surface area (Å²) in [5, 5.41) is 22.3. The monoisotopic (exact) mass is 366 g/mol. The maximum Gasteiger partial charge on any atom is 0.218 e. The van der Waals surface area contributed by atoms with Gasteiger partial charge in [-0.1, -0.05) is 79.4 Å². The molecule has 3 aromatic rings. The molecule has 0 spiro atoms. The molecule has 0 aliphatic carbocycles. The molecule has 0 aliphatic heterocycles. The van der Waals surface area contributed by atoms with E-state index in [9.17, 15) is 10.2 Å². The Morgan fingerprint density at radius 3 is 1.71 bits per heavy atom. The molecule has 0 saturated carbocycles. The summed E-state index contributed by atoms with van der Waals surface area (Å²) in [6.07, 6.45) is -0.516. The van der Waals surface area contributed by atoms with Crippen molar-refractivity contribution >= 4 is 0 Å². The molecule has 0 aromatic heterocycles. The molecule has 2 N–H and O–H groups in total. The van der Waals surface area contributed by atoms with Crippen LogP contribution >= 0.6 is 0 Å². The number of hydrogen-bond donors (Lipinski definition) is 2. The van der Waals surface area contributed by atoms with E-state index in [0.717, 1.165) is 23.1 Å². The van der Waals surface area contributed by atoms with Gasteiger partial charge in [-0.15, -0.1) is 0 Å². The highest BCUT2D eigenvalue weighted by atomic mass is 16.3. The molecule has 2 nitrogen and oxygen atoms in total. The molecule has 3 rings (SSSR count). The van der Waals surface area contributed by atoms with Crippen molar-refractivity contribution in [1.82, 2.24) is 0 Å². The Kier molecular flexibility index (Phi) is 6.30. The van der Waals surface area contributed by atoms with Gasteiger partial charge in [0.2, 0.25) is 5.60 Å². The number of aliphatic hydroxyl groups excluding tert-OH is 1. The van der Waals surface area contributed by atoms with Crippen LogP contribution in [0.3, 0.4) is 0 Å². The van der Waals surface area contributed by atoms with Crippen LogP contribution in [0.25, 0.3) is 0 Å². The van der Waals surface area contributed by atoms with Crippen LogP contribution < -0.4 is 0 Å². The summed E-state index contributed by atoms with van der Waals surface area (Å²) >= 11 is 0. The number of aliphatic hydroxyl groups is 2. The van der Waals surface area contributed by atoms with Crippen molar-refractivity contribution in [3.8, 4) is 23.7 Å². The Morgan fingerprint density at radius 1 is 0.750 bits per heavy atom. The first-order chi connectivity index (χ1) is 13.6. The number of aryl methyl sites for hydroxylation is 1. The van der Waals surface area contributed by atoms with E-state index in [4.69, 9.17) is 0 Å². The van der Waals surface area contributed by atoms with Gasteiger partial charge >= 0.3 is 0 Å². The molecule has 28 heavy (non-hydrogen) atoms. The van der Waals surface area contributed by atoms with Crippen molar-refractivity contribution in [3.63, 3.8) is 0 Å². The Labute approximate surface area is 166 Å². The maximum atomic E-state index is 11.3. The van der Waals surface area contributed by atoms with E-state index in [2.05, 4.69) is 23.7 Å². The first-order valence-electron chi connectivity index (χ1n) is 9.27. The fourth-order valence-corrected chi connectivity index (χ4v) is 2.89. The zero-order chi connectivity index (χ0) is 19.8. The van der Waals surface area contributed by atoms with Crippen LogP contribution in [-0.2, 0) is 6.42 Å². The molecule has 0 saturated heterocycles. The molecule has 0 heterocycles. The summed E-state index contributed by atoms with van der Waals surface area (Å²) in [5.41, 5.74) is 1.18. The summed E-state index contributed by atoms with van der Waals surface area (Å²) in [7, 11) is 0. The summed E-state index contributed by atoms with van der Waals surface area (Å²) in [6.45, 7) is 2.01. The SMILES string of the molecule is CCc1ccccc1C(O)C(O)(C#Cc1ccccc1)C#Cc1ccccc1. The Morgan fingerprint density at radius 2 is 1.21 bits per heavy atom. The van der Waals surface area contributed by atoms with Gasteiger partial charge in [-0.05, 0) is 53.7 Å². The number of hydrogen-bond acceptors (Lipinski definition) is 2. The topological polar surface area (TPSA) is 40.5 Å². The van der Waals surface area contributed by atoms with Gasteiger partial charge in [0, 0.05) is 11.1 Å². The normalized spacial score (nSPS) is 11.5. The van der Waals surface area contributed by atoms with Gasteiger partial charge < -0.3 is 10.2 Å². The van der Waals surface area contributed by atoms with Crippen LogP contribution in [0.5, 0.6) is 0 Å². The average molecular weight is 366 g/mol. The molecule has 0 bridgehead atoms. The standard InChI is InChI=1S/C26H22O2/c1-2-23-15-9-10-16-24(23)25(27)26(28,19-17-21-11-5-3-6-12-21)20-18-22-13-7-4-8-14-22/h3-16,25,27-28H,2H2,1H3. The van der Waals surface area contributed by atoms with Crippen molar-refractivity contribution in [3.05, 3.63) is 107 Å². The molecule has 0 amide bonds. The van der Waals surface area contributed by atoms with E-state index in [1.165, 1.54) is 0 Å². The van der Waals surface area contributed by atoms with Crippen LogP contribution in [0.2, 0.25) is 0 Å². The van der Waals surface area contributed by atoms with Crippen LogP contribution in [0.1, 0.15) is 35.3 Å². The first-order valence-corrected chi connectivity index (χ1v) is 9.27. The van der Waals surface area contributed by atoms with Crippen LogP contribution in [0.4, 0.5) is 0 Å². The molecular formula is C26H22O2. The zero-order valence-electron chi connectivity index (χ0n) is 15.8. The van der Waals surface area contributed by atoms with Gasteiger partial charge in [0.1, 0.15) is 6.10 Å². The summed E-state index contributed by atoms with van der Waals surface area (Å²) in [4.78, 5) is 0. The lowest BCUT2D eigenvalue weighted by atomic mass is 9.88. The summed E-state index contributed by atoms with van der Waals surface area (Å²) in [6, 6.07) is 26.2. The fraction of sp³-hybridized carbons (Fsp3) is 0.154. The molecule has 2 heteroatoms. The second kappa shape index (κ2) is 9.07. The van der Waals surface area contributed by atoms with Gasteiger partial charge in [0.25, 0.3) is 0 Å². The number of rotatable bonds is 3. The van der Waals surface area contributed by atoms with Gasteiger partial charge in [-0.3, -0.25) is 0 Å². The molecule has 0 radical (unpaired) electrons. The molecule has 0 fully saturated rings. The van der Waals surface area contributed by atoms with Crippen LogP contribution in [-0.4, -0.2) is 15.8 Å². The van der Waals surface area contributed by atoms with Gasteiger partial charge in [0.05, 0.1) is 0 Å². The lowest BCUT2D eigenvalue weighted by Crippen LogP contribution is -2.34. The van der Waals surface area contributed by atoms with Crippen molar-refractivity contribution < 1.29 is 10.2 Å². The minimum atomic E-state index is -1.91. The summed E-state index contributed by atoms with van der Waals surface area (Å²) in [5.74, 6) is 11.5. The van der Waals surface area contributed by atoms with Crippen molar-refractivity contribution in [2.24, 2.45) is 0 Å². The number of benzene rings is 3. The predicted octanol–water partition coefficient (Wildman–Crippen LogP) is 4.12. The highest BCUT2D eigenvalue weighted by molar-refractivity contribution is 5.47. The molecule has 138 valence electrons. The van der Waals surface area contributed by atoms with Crippen molar-refractivity contribution in [2.75, 3.05) is 0 Å². The summed E-state index contributed by atoms with van der Waals surface area (Å²) < 4.78 is 0. The largest absolute Gasteiger partial charge is 0.383 e. The van der Waals surface area contributed by atoms with E-state index in [-0.39, 0.29) is 0 Å². The Bertz CT molecular complexity index is 974. The predicted molar refractivity (Wildman–Crippen MR) is 112 cm³/mol. The third kappa shape index (κ3) is 4.70. The third-order valence-electron chi connectivity index (χ3n) is 4.47. The van der Waals surface area contributed by atoms with Gasteiger partial charge in [-0.25, -0.2) is 0 Å². The Hall–Kier alpha value is -3.30. The Balaban J connectivity index is 2.06. The van der Waals surface area contributed by atoms with Crippen LogP contribution in [0, 0.1) is 23.7 Å². The van der Waals surface area contributed by atoms with E-state index < -0.39 is 11.7 Å². The van der Waals surface area contributed by atoms with Crippen molar-refractivity contribution in [1.29, 1.82) is 0 Å². The third-order valence-corrected chi connectivity index (χ3v) is 4.47. The highest BCUT2D eigenvalue weighted by Gasteiger charge is 2.34. The van der Waals surface area contributed by atoms with E-state index >= 15 is 0 Å². The van der Waals surface area contributed by atoms with E-state index in [1.807, 2.05) is 91.9 Å². The second-order valence-corrected chi connectivity index (χ2v) is 6.45. The van der Waals surface area contributed by atoms with E-state index in [1.54, 1.807) is 0 Å². The van der Waals surface area contributed by atoms with Crippen molar-refractivity contribution in [2.45, 2.75) is 25.0 Å². The quantitative estimate of drug-likeness (QED) is 0.685. The van der Waals surface area contributed by atoms with Gasteiger partial charge in [-0.2, -0.15) is 0 Å². The lowest BCUT2D eigenvalue weighted by Gasteiger charge is -2.25. The average Bonchev–Trinajstić information content (AvgIpc) is 2.77.